The number of carbonyl (C=O) groups excluding carboxylic acids is 1. The Kier molecular flexibility index (Phi) is 7.58. The standard InChI is InChI=1S/C32H49NO3/c1-21(9-12-29(36)33-18-15-22-7-5-4-6-8-22)25-10-11-26-30-27(14-17-32(25,26)3)31(2)16-13-24(34)19-23(31)20-28(30)35/h4-8,21,23-28,30,34-35H,9-20H2,1-3H3,(H,33,36)/t21-,23+,24-,25-,26+,27+,28+,30+,31+,32-/m0/s1. The van der Waals surface area contributed by atoms with Gasteiger partial charge in [0, 0.05) is 13.0 Å². The van der Waals surface area contributed by atoms with Gasteiger partial charge in [0.2, 0.25) is 5.91 Å². The Bertz CT molecular complexity index is 904. The number of carbonyl (C=O) groups is 1. The average molecular weight is 496 g/mol. The summed E-state index contributed by atoms with van der Waals surface area (Å²) in [5.74, 6) is 3.44. The number of benzene rings is 1. The summed E-state index contributed by atoms with van der Waals surface area (Å²) in [5.41, 5.74) is 1.83. The molecule has 0 heterocycles. The van der Waals surface area contributed by atoms with Crippen molar-refractivity contribution in [3.8, 4) is 0 Å². The van der Waals surface area contributed by atoms with Crippen LogP contribution in [0.3, 0.4) is 0 Å². The number of hydrogen-bond donors (Lipinski definition) is 3. The van der Waals surface area contributed by atoms with E-state index >= 15 is 0 Å². The third-order valence-electron chi connectivity index (χ3n) is 11.8. The van der Waals surface area contributed by atoms with Crippen LogP contribution in [-0.2, 0) is 11.2 Å². The highest BCUT2D eigenvalue weighted by Crippen LogP contribution is 2.68. The number of fused-ring (bicyclic) bond motifs is 5. The van der Waals surface area contributed by atoms with E-state index in [9.17, 15) is 15.0 Å². The van der Waals surface area contributed by atoms with E-state index < -0.39 is 0 Å². The highest BCUT2D eigenvalue weighted by atomic mass is 16.3. The molecule has 0 aliphatic heterocycles. The molecule has 4 aliphatic carbocycles. The van der Waals surface area contributed by atoms with Gasteiger partial charge in [0.1, 0.15) is 0 Å². The summed E-state index contributed by atoms with van der Waals surface area (Å²) >= 11 is 0. The molecule has 4 nitrogen and oxygen atoms in total. The summed E-state index contributed by atoms with van der Waals surface area (Å²) in [4.78, 5) is 12.6. The van der Waals surface area contributed by atoms with Crippen molar-refractivity contribution >= 4 is 5.91 Å². The van der Waals surface area contributed by atoms with Gasteiger partial charge >= 0.3 is 0 Å². The predicted molar refractivity (Wildman–Crippen MR) is 144 cm³/mol. The highest BCUT2D eigenvalue weighted by Gasteiger charge is 2.62. The Hall–Kier alpha value is -1.39. The summed E-state index contributed by atoms with van der Waals surface area (Å²) in [6.45, 7) is 8.09. The summed E-state index contributed by atoms with van der Waals surface area (Å²) in [6.07, 6.45) is 10.8. The van der Waals surface area contributed by atoms with Crippen LogP contribution in [0.15, 0.2) is 30.3 Å². The van der Waals surface area contributed by atoms with Crippen molar-refractivity contribution in [1.82, 2.24) is 5.32 Å². The van der Waals surface area contributed by atoms with E-state index in [1.165, 1.54) is 31.2 Å². The van der Waals surface area contributed by atoms with Gasteiger partial charge in [-0.2, -0.15) is 0 Å². The zero-order chi connectivity index (χ0) is 25.5. The molecule has 4 fully saturated rings. The van der Waals surface area contributed by atoms with Crippen LogP contribution in [0.2, 0.25) is 0 Å². The molecule has 0 saturated heterocycles. The monoisotopic (exact) mass is 495 g/mol. The molecular formula is C32H49NO3. The second kappa shape index (κ2) is 10.4. The van der Waals surface area contributed by atoms with E-state index in [-0.39, 0.29) is 28.9 Å². The first kappa shape index (κ1) is 26.2. The maximum Gasteiger partial charge on any atom is 0.220 e. The van der Waals surface area contributed by atoms with Gasteiger partial charge in [0.25, 0.3) is 0 Å². The predicted octanol–water partition coefficient (Wildman–Crippen LogP) is 5.75. The second-order valence-electron chi connectivity index (χ2n) is 13.6. The van der Waals surface area contributed by atoms with Crippen molar-refractivity contribution in [2.24, 2.45) is 46.3 Å². The van der Waals surface area contributed by atoms with Crippen molar-refractivity contribution < 1.29 is 15.0 Å². The molecular weight excluding hydrogens is 446 g/mol. The van der Waals surface area contributed by atoms with Crippen LogP contribution >= 0.6 is 0 Å². The van der Waals surface area contributed by atoms with E-state index in [4.69, 9.17) is 0 Å². The minimum absolute atomic E-state index is 0.173. The molecule has 1 aromatic rings. The molecule has 4 saturated carbocycles. The number of nitrogens with one attached hydrogen (secondary N) is 1. The van der Waals surface area contributed by atoms with Gasteiger partial charge in [0.15, 0.2) is 0 Å². The Morgan fingerprint density at radius 3 is 2.50 bits per heavy atom. The fourth-order valence-electron chi connectivity index (χ4n) is 9.81. The molecule has 0 aromatic heterocycles. The second-order valence-corrected chi connectivity index (χ2v) is 13.6. The summed E-state index contributed by atoms with van der Waals surface area (Å²) in [5, 5.41) is 24.9. The maximum atomic E-state index is 12.6. The molecule has 5 rings (SSSR count). The molecule has 200 valence electrons. The minimum atomic E-state index is -0.215. The molecule has 0 bridgehead atoms. The lowest BCUT2D eigenvalue weighted by Gasteiger charge is -2.62. The number of rotatable bonds is 7. The molecule has 1 amide bonds. The van der Waals surface area contributed by atoms with Crippen molar-refractivity contribution in [1.29, 1.82) is 0 Å². The van der Waals surface area contributed by atoms with Crippen molar-refractivity contribution in [2.75, 3.05) is 6.54 Å². The fourth-order valence-corrected chi connectivity index (χ4v) is 9.81. The summed E-state index contributed by atoms with van der Waals surface area (Å²) < 4.78 is 0. The number of aliphatic hydroxyl groups is 2. The van der Waals surface area contributed by atoms with Crippen LogP contribution in [0, 0.1) is 46.3 Å². The zero-order valence-corrected chi connectivity index (χ0v) is 22.8. The van der Waals surface area contributed by atoms with Crippen LogP contribution < -0.4 is 5.32 Å². The van der Waals surface area contributed by atoms with Crippen LogP contribution in [0.1, 0.15) is 90.5 Å². The third kappa shape index (κ3) is 4.77. The smallest absolute Gasteiger partial charge is 0.220 e. The number of aliphatic hydroxyl groups excluding tert-OH is 2. The van der Waals surface area contributed by atoms with Gasteiger partial charge < -0.3 is 15.5 Å². The summed E-state index contributed by atoms with van der Waals surface area (Å²) in [7, 11) is 0. The quantitative estimate of drug-likeness (QED) is 0.451. The minimum Gasteiger partial charge on any atom is -0.393 e. The number of amides is 1. The van der Waals surface area contributed by atoms with E-state index in [0.717, 1.165) is 38.5 Å². The first-order chi connectivity index (χ1) is 17.2. The van der Waals surface area contributed by atoms with Gasteiger partial charge in [-0.15, -0.1) is 0 Å². The van der Waals surface area contributed by atoms with Crippen LogP contribution in [0.25, 0.3) is 0 Å². The van der Waals surface area contributed by atoms with E-state index in [1.807, 2.05) is 18.2 Å². The first-order valence-corrected chi connectivity index (χ1v) is 14.9. The lowest BCUT2D eigenvalue weighted by Crippen LogP contribution is -2.58. The third-order valence-corrected chi connectivity index (χ3v) is 11.8. The lowest BCUT2D eigenvalue weighted by molar-refractivity contribution is -0.174. The molecule has 10 atom stereocenters. The molecule has 4 aliphatic rings. The zero-order valence-electron chi connectivity index (χ0n) is 22.8. The first-order valence-electron chi connectivity index (χ1n) is 14.9. The van der Waals surface area contributed by atoms with Crippen LogP contribution in [0.5, 0.6) is 0 Å². The topological polar surface area (TPSA) is 69.6 Å². The van der Waals surface area contributed by atoms with Crippen molar-refractivity contribution in [2.45, 2.75) is 104 Å². The molecule has 1 aromatic carbocycles. The van der Waals surface area contributed by atoms with E-state index in [2.05, 4.69) is 38.2 Å². The molecule has 0 spiro atoms. The fraction of sp³-hybridized carbons (Fsp3) is 0.781. The average Bonchev–Trinajstić information content (AvgIpc) is 3.21. The summed E-state index contributed by atoms with van der Waals surface area (Å²) in [6, 6.07) is 10.3. The van der Waals surface area contributed by atoms with Crippen molar-refractivity contribution in [3.05, 3.63) is 35.9 Å². The normalized spacial score (nSPS) is 42.6. The molecule has 4 heteroatoms. The highest BCUT2D eigenvalue weighted by molar-refractivity contribution is 5.75. The Labute approximate surface area is 218 Å². The lowest BCUT2D eigenvalue weighted by atomic mass is 9.43. The van der Waals surface area contributed by atoms with Gasteiger partial charge in [-0.05, 0) is 116 Å². The van der Waals surface area contributed by atoms with Gasteiger partial charge in [-0.3, -0.25) is 4.79 Å². The van der Waals surface area contributed by atoms with E-state index in [0.29, 0.717) is 48.5 Å². The molecule has 0 unspecified atom stereocenters. The Morgan fingerprint density at radius 1 is 1.00 bits per heavy atom. The maximum absolute atomic E-state index is 12.6. The van der Waals surface area contributed by atoms with Crippen molar-refractivity contribution in [3.63, 3.8) is 0 Å². The van der Waals surface area contributed by atoms with E-state index in [1.54, 1.807) is 0 Å². The van der Waals surface area contributed by atoms with Gasteiger partial charge in [-0.1, -0.05) is 51.1 Å². The largest absolute Gasteiger partial charge is 0.393 e. The van der Waals surface area contributed by atoms with Crippen LogP contribution in [0.4, 0.5) is 0 Å². The van der Waals surface area contributed by atoms with Gasteiger partial charge in [0.05, 0.1) is 12.2 Å². The SMILES string of the molecule is C[C@@H](CCC(=O)NCCc1ccccc1)[C@@H]1CC[C@@H]2[C@H]3[C@H](O)C[C@H]4C[C@@H](O)CC[C@@]4(C)[C@@H]3CC[C@]21C. The number of hydrogen-bond acceptors (Lipinski definition) is 3. The molecule has 3 N–H and O–H groups in total. The molecule has 0 radical (unpaired) electrons. The Morgan fingerprint density at radius 2 is 1.72 bits per heavy atom. The molecule has 36 heavy (non-hydrogen) atoms. The van der Waals surface area contributed by atoms with Gasteiger partial charge in [-0.25, -0.2) is 0 Å². The Balaban J connectivity index is 1.17. The van der Waals surface area contributed by atoms with Crippen LogP contribution in [-0.4, -0.2) is 34.9 Å².